The molecule has 0 fully saturated rings. The lowest BCUT2D eigenvalue weighted by molar-refractivity contribution is 0.0939. The molecule has 1 aromatic carbocycles. The van der Waals surface area contributed by atoms with Crippen molar-refractivity contribution in [2.45, 2.75) is 26.3 Å². The van der Waals surface area contributed by atoms with Gasteiger partial charge in [-0.05, 0) is 44.0 Å². The van der Waals surface area contributed by atoms with Crippen molar-refractivity contribution in [1.82, 2.24) is 5.32 Å². The van der Waals surface area contributed by atoms with E-state index < -0.39 is 0 Å². The van der Waals surface area contributed by atoms with E-state index in [1.807, 2.05) is 26.0 Å². The third-order valence-corrected chi connectivity index (χ3v) is 2.90. The normalized spacial score (nSPS) is 12.2. The first kappa shape index (κ1) is 13.5. The van der Waals surface area contributed by atoms with Gasteiger partial charge in [-0.2, -0.15) is 0 Å². The summed E-state index contributed by atoms with van der Waals surface area (Å²) in [6.45, 7) is 3.90. The average Bonchev–Trinajstić information content (AvgIpc) is 2.16. The molecule has 1 atom stereocenters. The summed E-state index contributed by atoms with van der Waals surface area (Å²) in [7, 11) is 0. The van der Waals surface area contributed by atoms with Crippen molar-refractivity contribution < 1.29 is 4.79 Å². The van der Waals surface area contributed by atoms with Gasteiger partial charge in [0, 0.05) is 22.0 Å². The van der Waals surface area contributed by atoms with Gasteiger partial charge in [0.1, 0.15) is 0 Å². The number of carbonyl (C=O) groups is 1. The smallest absolute Gasteiger partial charge is 0.251 e. The van der Waals surface area contributed by atoms with Crippen molar-refractivity contribution in [3.05, 3.63) is 34.3 Å². The fourth-order valence-electron chi connectivity index (χ4n) is 1.41. The lowest BCUT2D eigenvalue weighted by atomic mass is 10.1. The fraction of sp³-hybridized carbons (Fsp3) is 0.417. The highest BCUT2D eigenvalue weighted by Gasteiger charge is 2.10. The quantitative estimate of drug-likeness (QED) is 0.847. The number of aryl methyl sites for hydroxylation is 1. The van der Waals surface area contributed by atoms with Gasteiger partial charge in [0.25, 0.3) is 5.91 Å². The molecular weight excluding hydrogens is 289 g/mol. The molecule has 1 aromatic rings. The zero-order valence-corrected chi connectivity index (χ0v) is 11.7. The molecule has 0 radical (unpaired) electrons. The van der Waals surface area contributed by atoms with E-state index in [0.717, 1.165) is 17.3 Å². The van der Waals surface area contributed by atoms with Gasteiger partial charge in [-0.3, -0.25) is 4.79 Å². The number of nitrogens with one attached hydrogen (secondary N) is 1. The number of hydrogen-bond donors (Lipinski definition) is 1. The van der Waals surface area contributed by atoms with Gasteiger partial charge in [-0.1, -0.05) is 27.5 Å². The number of hydrogen-bond acceptors (Lipinski definition) is 1. The molecule has 16 heavy (non-hydrogen) atoms. The Bertz CT molecular complexity index is 361. The Morgan fingerprint density at radius 1 is 1.50 bits per heavy atom. The topological polar surface area (TPSA) is 29.1 Å². The summed E-state index contributed by atoms with van der Waals surface area (Å²) in [4.78, 5) is 11.8. The molecule has 1 N–H and O–H groups in total. The monoisotopic (exact) mass is 303 g/mol. The Morgan fingerprint density at radius 2 is 2.19 bits per heavy atom. The van der Waals surface area contributed by atoms with Crippen LogP contribution in [-0.4, -0.2) is 17.3 Å². The maximum absolute atomic E-state index is 11.8. The minimum Gasteiger partial charge on any atom is -0.350 e. The fourth-order valence-corrected chi connectivity index (χ4v) is 2.39. The van der Waals surface area contributed by atoms with E-state index in [1.54, 1.807) is 6.07 Å². The molecule has 88 valence electrons. The average molecular weight is 305 g/mol. The molecule has 0 spiro atoms. The maximum Gasteiger partial charge on any atom is 0.251 e. The molecule has 0 heterocycles. The maximum atomic E-state index is 11.8. The van der Waals surface area contributed by atoms with Crippen LogP contribution in [-0.2, 0) is 0 Å². The number of rotatable bonds is 4. The second kappa shape index (κ2) is 6.26. The third kappa shape index (κ3) is 4.14. The first-order chi connectivity index (χ1) is 7.52. The van der Waals surface area contributed by atoms with Crippen molar-refractivity contribution in [3.8, 4) is 0 Å². The zero-order valence-electron chi connectivity index (χ0n) is 9.39. The second-order valence-electron chi connectivity index (χ2n) is 3.87. The highest BCUT2D eigenvalue weighted by molar-refractivity contribution is 9.09. The molecular formula is C12H15BrClNO. The van der Waals surface area contributed by atoms with Crippen LogP contribution in [0.1, 0.15) is 29.3 Å². The molecule has 2 nitrogen and oxygen atoms in total. The molecule has 0 aliphatic carbocycles. The molecule has 0 saturated heterocycles. The minimum absolute atomic E-state index is 0.0703. The van der Waals surface area contributed by atoms with Gasteiger partial charge in [0.05, 0.1) is 0 Å². The summed E-state index contributed by atoms with van der Waals surface area (Å²) >= 11 is 9.25. The van der Waals surface area contributed by atoms with Crippen molar-refractivity contribution in [2.24, 2.45) is 0 Å². The second-order valence-corrected chi connectivity index (χ2v) is 5.10. The zero-order chi connectivity index (χ0) is 12.1. The third-order valence-electron chi connectivity index (χ3n) is 2.22. The minimum atomic E-state index is -0.0703. The predicted octanol–water partition coefficient (Wildman–Crippen LogP) is 3.55. The van der Waals surface area contributed by atoms with Crippen LogP contribution in [0.2, 0.25) is 5.02 Å². The Balaban J connectivity index is 2.72. The summed E-state index contributed by atoms with van der Waals surface area (Å²) in [6.07, 6.45) is 0.908. The lowest BCUT2D eigenvalue weighted by Crippen LogP contribution is -2.32. The molecule has 0 aromatic heterocycles. The summed E-state index contributed by atoms with van der Waals surface area (Å²) in [5, 5.41) is 4.40. The largest absolute Gasteiger partial charge is 0.350 e. The number of alkyl halides is 1. The number of halogens is 2. The van der Waals surface area contributed by atoms with E-state index in [2.05, 4.69) is 21.2 Å². The molecule has 0 aliphatic rings. The van der Waals surface area contributed by atoms with E-state index in [0.29, 0.717) is 10.6 Å². The first-order valence-corrected chi connectivity index (χ1v) is 6.67. The van der Waals surface area contributed by atoms with E-state index >= 15 is 0 Å². The SMILES string of the molecule is Cc1cc(Cl)cc(C(=O)NC(C)CCBr)c1. The van der Waals surface area contributed by atoms with Crippen LogP contribution in [0.4, 0.5) is 0 Å². The van der Waals surface area contributed by atoms with Gasteiger partial charge in [-0.25, -0.2) is 0 Å². The Labute approximate surface area is 110 Å². The van der Waals surface area contributed by atoms with E-state index in [-0.39, 0.29) is 11.9 Å². The van der Waals surface area contributed by atoms with Gasteiger partial charge in [0.15, 0.2) is 0 Å². The van der Waals surface area contributed by atoms with Crippen LogP contribution >= 0.6 is 27.5 Å². The van der Waals surface area contributed by atoms with E-state index in [9.17, 15) is 4.79 Å². The molecule has 4 heteroatoms. The molecule has 0 saturated carbocycles. The van der Waals surface area contributed by atoms with E-state index in [1.165, 1.54) is 0 Å². The van der Waals surface area contributed by atoms with Crippen molar-refractivity contribution in [2.75, 3.05) is 5.33 Å². The predicted molar refractivity (Wildman–Crippen MR) is 71.5 cm³/mol. The van der Waals surface area contributed by atoms with Gasteiger partial charge >= 0.3 is 0 Å². The van der Waals surface area contributed by atoms with Crippen LogP contribution in [0.25, 0.3) is 0 Å². The Hall–Kier alpha value is -0.540. The Kier molecular flexibility index (Phi) is 5.29. The van der Waals surface area contributed by atoms with Crippen LogP contribution in [0.15, 0.2) is 18.2 Å². The summed E-state index contributed by atoms with van der Waals surface area (Å²) in [6, 6.07) is 5.51. The highest BCUT2D eigenvalue weighted by Crippen LogP contribution is 2.14. The van der Waals surface area contributed by atoms with Crippen LogP contribution in [0.3, 0.4) is 0 Å². The Morgan fingerprint density at radius 3 is 2.75 bits per heavy atom. The standard InChI is InChI=1S/C12H15BrClNO/c1-8-5-10(7-11(14)6-8)12(16)15-9(2)3-4-13/h5-7,9H,3-4H2,1-2H3,(H,15,16). The van der Waals surface area contributed by atoms with Crippen molar-refractivity contribution in [1.29, 1.82) is 0 Å². The number of carbonyl (C=O) groups excluding carboxylic acids is 1. The highest BCUT2D eigenvalue weighted by atomic mass is 79.9. The van der Waals surface area contributed by atoms with E-state index in [4.69, 9.17) is 11.6 Å². The summed E-state index contributed by atoms with van der Waals surface area (Å²) in [5.41, 5.74) is 1.61. The molecule has 1 rings (SSSR count). The van der Waals surface area contributed by atoms with Gasteiger partial charge in [-0.15, -0.1) is 0 Å². The molecule has 0 bridgehead atoms. The van der Waals surface area contributed by atoms with Crippen molar-refractivity contribution >= 4 is 33.4 Å². The molecule has 1 amide bonds. The molecule has 0 aliphatic heterocycles. The van der Waals surface area contributed by atoms with Crippen LogP contribution in [0.5, 0.6) is 0 Å². The van der Waals surface area contributed by atoms with Gasteiger partial charge in [0.2, 0.25) is 0 Å². The lowest BCUT2D eigenvalue weighted by Gasteiger charge is -2.12. The van der Waals surface area contributed by atoms with Crippen LogP contribution in [0, 0.1) is 6.92 Å². The summed E-state index contributed by atoms with van der Waals surface area (Å²) in [5.74, 6) is -0.0703. The van der Waals surface area contributed by atoms with Crippen LogP contribution < -0.4 is 5.32 Å². The number of benzene rings is 1. The molecule has 1 unspecified atom stereocenters. The summed E-state index contributed by atoms with van der Waals surface area (Å²) < 4.78 is 0. The van der Waals surface area contributed by atoms with Gasteiger partial charge < -0.3 is 5.32 Å². The first-order valence-electron chi connectivity index (χ1n) is 5.17. The number of amides is 1. The van der Waals surface area contributed by atoms with Crippen molar-refractivity contribution in [3.63, 3.8) is 0 Å².